The molecule has 30 heavy (non-hydrogen) atoms. The molecular formula is C22H32N4O3S. The molecule has 1 aliphatic heterocycles. The molecule has 1 aromatic carbocycles. The van der Waals surface area contributed by atoms with Crippen LogP contribution in [0.3, 0.4) is 0 Å². The van der Waals surface area contributed by atoms with Crippen LogP contribution in [0.2, 0.25) is 0 Å². The molecule has 1 aromatic heterocycles. The molecule has 0 aliphatic carbocycles. The standard InChI is InChI=1S/C22H32N4O3S/c1-4-23-22(26-9-7-25(8-10-26)16-20-6-5-11-30-20)24-15-21(27)17-12-18(28-2)14-19(13-17)29-3/h5-6,11-14,21,27H,4,7-10,15-16H2,1-3H3,(H,23,24). The van der Waals surface area contributed by atoms with Gasteiger partial charge in [-0.15, -0.1) is 11.3 Å². The molecule has 1 atom stereocenters. The molecule has 2 heterocycles. The molecule has 164 valence electrons. The number of nitrogens with zero attached hydrogens (tertiary/aromatic N) is 3. The summed E-state index contributed by atoms with van der Waals surface area (Å²) in [6.07, 6.45) is -0.734. The Hall–Kier alpha value is -2.29. The van der Waals surface area contributed by atoms with E-state index in [0.29, 0.717) is 11.5 Å². The molecule has 1 unspecified atom stereocenters. The Labute approximate surface area is 182 Å². The smallest absolute Gasteiger partial charge is 0.194 e. The fourth-order valence-electron chi connectivity index (χ4n) is 3.47. The zero-order valence-corrected chi connectivity index (χ0v) is 18.8. The lowest BCUT2D eigenvalue weighted by Crippen LogP contribution is -2.52. The highest BCUT2D eigenvalue weighted by Crippen LogP contribution is 2.26. The van der Waals surface area contributed by atoms with Gasteiger partial charge in [0.2, 0.25) is 0 Å². The highest BCUT2D eigenvalue weighted by atomic mass is 32.1. The highest BCUT2D eigenvalue weighted by Gasteiger charge is 2.20. The molecular weight excluding hydrogens is 400 g/mol. The summed E-state index contributed by atoms with van der Waals surface area (Å²) < 4.78 is 10.6. The van der Waals surface area contributed by atoms with Gasteiger partial charge in [0.05, 0.1) is 26.9 Å². The van der Waals surface area contributed by atoms with Crippen molar-refractivity contribution in [1.82, 2.24) is 15.1 Å². The number of aliphatic hydroxyl groups excluding tert-OH is 1. The Balaban J connectivity index is 1.60. The average Bonchev–Trinajstić information content (AvgIpc) is 3.29. The second-order valence-electron chi connectivity index (χ2n) is 7.20. The van der Waals surface area contributed by atoms with Gasteiger partial charge >= 0.3 is 0 Å². The van der Waals surface area contributed by atoms with Crippen molar-refractivity contribution in [2.75, 3.05) is 53.5 Å². The molecule has 0 bridgehead atoms. The summed E-state index contributed by atoms with van der Waals surface area (Å²) in [7, 11) is 3.20. The number of benzene rings is 1. The number of nitrogens with one attached hydrogen (secondary N) is 1. The zero-order chi connectivity index (χ0) is 21.3. The number of piperazine rings is 1. The second kappa shape index (κ2) is 11.2. The van der Waals surface area contributed by atoms with Crippen LogP contribution in [0.15, 0.2) is 40.7 Å². The largest absolute Gasteiger partial charge is 0.497 e. The first-order valence-corrected chi connectivity index (χ1v) is 11.2. The highest BCUT2D eigenvalue weighted by molar-refractivity contribution is 7.09. The van der Waals surface area contributed by atoms with Crippen LogP contribution >= 0.6 is 11.3 Å². The van der Waals surface area contributed by atoms with Gasteiger partial charge in [-0.05, 0) is 36.1 Å². The minimum absolute atomic E-state index is 0.272. The normalized spacial score (nSPS) is 16.4. The molecule has 3 rings (SSSR count). The van der Waals surface area contributed by atoms with Crippen molar-refractivity contribution in [3.63, 3.8) is 0 Å². The van der Waals surface area contributed by atoms with Crippen LogP contribution in [0.1, 0.15) is 23.5 Å². The second-order valence-corrected chi connectivity index (χ2v) is 8.23. The fraction of sp³-hybridized carbons (Fsp3) is 0.500. The maximum absolute atomic E-state index is 10.7. The molecule has 1 fully saturated rings. The monoisotopic (exact) mass is 432 g/mol. The fourth-order valence-corrected chi connectivity index (χ4v) is 4.21. The van der Waals surface area contributed by atoms with Gasteiger partial charge in [-0.2, -0.15) is 0 Å². The molecule has 2 aromatic rings. The molecule has 2 N–H and O–H groups in total. The van der Waals surface area contributed by atoms with Gasteiger partial charge < -0.3 is 24.8 Å². The lowest BCUT2D eigenvalue weighted by atomic mass is 10.1. The summed E-state index contributed by atoms with van der Waals surface area (Å²) in [5.74, 6) is 2.16. The summed E-state index contributed by atoms with van der Waals surface area (Å²) in [5.41, 5.74) is 0.728. The molecule has 1 saturated heterocycles. The van der Waals surface area contributed by atoms with E-state index in [1.165, 1.54) is 4.88 Å². The Morgan fingerprint density at radius 2 is 1.87 bits per heavy atom. The number of hydrogen-bond acceptors (Lipinski definition) is 6. The summed E-state index contributed by atoms with van der Waals surface area (Å²) in [6.45, 7) is 7.96. The topological polar surface area (TPSA) is 69.6 Å². The number of rotatable bonds is 8. The van der Waals surface area contributed by atoms with Gasteiger partial charge in [0.25, 0.3) is 0 Å². The predicted octanol–water partition coefficient (Wildman–Crippen LogP) is 2.58. The van der Waals surface area contributed by atoms with E-state index in [4.69, 9.17) is 14.5 Å². The predicted molar refractivity (Wildman–Crippen MR) is 122 cm³/mol. The van der Waals surface area contributed by atoms with Crippen LogP contribution in [0.5, 0.6) is 11.5 Å². The van der Waals surface area contributed by atoms with E-state index < -0.39 is 6.10 Å². The minimum atomic E-state index is -0.734. The summed E-state index contributed by atoms with van der Waals surface area (Å²) in [5, 5.41) is 16.2. The lowest BCUT2D eigenvalue weighted by Gasteiger charge is -2.36. The van der Waals surface area contributed by atoms with E-state index in [1.54, 1.807) is 20.3 Å². The van der Waals surface area contributed by atoms with Gasteiger partial charge in [-0.25, -0.2) is 0 Å². The number of aliphatic imine (C=N–C) groups is 1. The van der Waals surface area contributed by atoms with Crippen molar-refractivity contribution in [2.45, 2.75) is 19.6 Å². The molecule has 0 amide bonds. The van der Waals surface area contributed by atoms with Gasteiger partial charge in [0.15, 0.2) is 5.96 Å². The molecule has 0 saturated carbocycles. The van der Waals surface area contributed by atoms with E-state index in [0.717, 1.165) is 50.8 Å². The third-order valence-electron chi connectivity index (χ3n) is 5.14. The van der Waals surface area contributed by atoms with Crippen molar-refractivity contribution in [3.05, 3.63) is 46.2 Å². The van der Waals surface area contributed by atoms with Crippen LogP contribution in [-0.2, 0) is 6.54 Å². The zero-order valence-electron chi connectivity index (χ0n) is 18.0. The maximum atomic E-state index is 10.7. The van der Waals surface area contributed by atoms with Crippen LogP contribution < -0.4 is 14.8 Å². The molecule has 1 aliphatic rings. The van der Waals surface area contributed by atoms with Gasteiger partial charge in [-0.1, -0.05) is 6.07 Å². The van der Waals surface area contributed by atoms with Crippen molar-refractivity contribution >= 4 is 17.3 Å². The van der Waals surface area contributed by atoms with E-state index in [-0.39, 0.29) is 6.54 Å². The Morgan fingerprint density at radius 3 is 2.43 bits per heavy atom. The first-order chi connectivity index (χ1) is 14.6. The number of aliphatic hydroxyl groups is 1. The minimum Gasteiger partial charge on any atom is -0.497 e. The lowest BCUT2D eigenvalue weighted by molar-refractivity contribution is 0.170. The Kier molecular flexibility index (Phi) is 8.36. The van der Waals surface area contributed by atoms with Gasteiger partial charge in [0, 0.05) is 50.2 Å². The maximum Gasteiger partial charge on any atom is 0.194 e. The van der Waals surface area contributed by atoms with Gasteiger partial charge in [-0.3, -0.25) is 9.89 Å². The number of guanidine groups is 1. The molecule has 8 heteroatoms. The van der Waals surface area contributed by atoms with Crippen molar-refractivity contribution < 1.29 is 14.6 Å². The van der Waals surface area contributed by atoms with Crippen LogP contribution in [-0.4, -0.2) is 74.4 Å². The first kappa shape index (κ1) is 22.4. The Morgan fingerprint density at radius 1 is 1.17 bits per heavy atom. The summed E-state index contributed by atoms with van der Waals surface area (Å²) in [6, 6.07) is 9.73. The van der Waals surface area contributed by atoms with Crippen LogP contribution in [0.4, 0.5) is 0 Å². The average molecular weight is 433 g/mol. The van der Waals surface area contributed by atoms with E-state index in [1.807, 2.05) is 23.5 Å². The van der Waals surface area contributed by atoms with Crippen LogP contribution in [0.25, 0.3) is 0 Å². The number of hydrogen-bond donors (Lipinski definition) is 2. The van der Waals surface area contributed by atoms with Crippen molar-refractivity contribution in [2.24, 2.45) is 4.99 Å². The SMILES string of the molecule is CCNC(=NCC(O)c1cc(OC)cc(OC)c1)N1CCN(Cc2cccs2)CC1. The van der Waals surface area contributed by atoms with E-state index in [9.17, 15) is 5.11 Å². The number of thiophene rings is 1. The quantitative estimate of drug-likeness (QED) is 0.494. The van der Waals surface area contributed by atoms with Crippen molar-refractivity contribution in [1.29, 1.82) is 0 Å². The Bertz CT molecular complexity index is 782. The third-order valence-corrected chi connectivity index (χ3v) is 6.00. The summed E-state index contributed by atoms with van der Waals surface area (Å²) >= 11 is 1.81. The summed E-state index contributed by atoms with van der Waals surface area (Å²) in [4.78, 5) is 10.9. The third kappa shape index (κ3) is 6.10. The van der Waals surface area contributed by atoms with Crippen molar-refractivity contribution in [3.8, 4) is 11.5 Å². The van der Waals surface area contributed by atoms with E-state index in [2.05, 4.69) is 39.6 Å². The molecule has 7 nitrogen and oxygen atoms in total. The molecule has 0 radical (unpaired) electrons. The number of ether oxygens (including phenoxy) is 2. The van der Waals surface area contributed by atoms with Gasteiger partial charge in [0.1, 0.15) is 11.5 Å². The number of methoxy groups -OCH3 is 2. The first-order valence-electron chi connectivity index (χ1n) is 10.3. The van der Waals surface area contributed by atoms with E-state index >= 15 is 0 Å². The van der Waals surface area contributed by atoms with Crippen LogP contribution in [0, 0.1) is 0 Å². The molecule has 0 spiro atoms.